The van der Waals surface area contributed by atoms with Gasteiger partial charge in [-0.2, -0.15) is 5.11 Å². The molecule has 98 valence electrons. The molecule has 1 aromatic rings. The van der Waals surface area contributed by atoms with Crippen molar-refractivity contribution in [1.82, 2.24) is 0 Å². The summed E-state index contributed by atoms with van der Waals surface area (Å²) in [6.45, 7) is 1.81. The summed E-state index contributed by atoms with van der Waals surface area (Å²) >= 11 is 1.54. The highest BCUT2D eigenvalue weighted by Gasteiger charge is 2.14. The van der Waals surface area contributed by atoms with E-state index in [-0.39, 0.29) is 6.04 Å². The van der Waals surface area contributed by atoms with Gasteiger partial charge in [0.05, 0.1) is 0 Å². The number of nitrogens with two attached hydrogens (primary N) is 1. The monoisotopic (exact) mass is 264 g/mol. The molecular weight excluding hydrogens is 244 g/mol. The first-order valence-corrected chi connectivity index (χ1v) is 7.40. The van der Waals surface area contributed by atoms with Gasteiger partial charge >= 0.3 is 0 Å². The van der Waals surface area contributed by atoms with Crippen molar-refractivity contribution in [2.75, 3.05) is 24.2 Å². The average molecular weight is 264 g/mol. The molecule has 1 aliphatic heterocycles. The maximum absolute atomic E-state index is 5.46. The minimum absolute atomic E-state index is 0.244. The zero-order valence-electron chi connectivity index (χ0n) is 10.5. The average Bonchev–Trinajstić information content (AvgIpc) is 2.93. The predicted octanol–water partition coefficient (Wildman–Crippen LogP) is 3.38. The molecule has 3 N–H and O–H groups in total. The Balaban J connectivity index is 1.75. The molecule has 0 radical (unpaired) electrons. The summed E-state index contributed by atoms with van der Waals surface area (Å²) < 4.78 is 3.96. The van der Waals surface area contributed by atoms with Crippen LogP contribution in [0, 0.1) is 0 Å². The van der Waals surface area contributed by atoms with Gasteiger partial charge in [0.15, 0.2) is 0 Å². The standard InChI is InChI=1S/C13H20N4S/c14-8-2-1-3-9-15-12-6-4-11(5-7-12)13-10-18-17-16-13/h4-7,13,15H,1-3,8-10,14H2. The second-order valence-electron chi connectivity index (χ2n) is 4.41. The molecule has 0 saturated heterocycles. The van der Waals surface area contributed by atoms with Gasteiger partial charge in [-0.05, 0) is 49.0 Å². The van der Waals surface area contributed by atoms with Gasteiger partial charge in [-0.1, -0.05) is 18.6 Å². The van der Waals surface area contributed by atoms with Crippen molar-refractivity contribution in [1.29, 1.82) is 0 Å². The predicted molar refractivity (Wildman–Crippen MR) is 77.9 cm³/mol. The first kappa shape index (κ1) is 13.4. The molecule has 0 bridgehead atoms. The number of benzene rings is 1. The number of hydrogen-bond acceptors (Lipinski definition) is 5. The van der Waals surface area contributed by atoms with E-state index in [0.717, 1.165) is 25.3 Å². The Morgan fingerprint density at radius 1 is 1.22 bits per heavy atom. The third-order valence-corrected chi connectivity index (χ3v) is 3.66. The lowest BCUT2D eigenvalue weighted by atomic mass is 10.1. The molecule has 0 spiro atoms. The second-order valence-corrected chi connectivity index (χ2v) is 5.16. The Kier molecular flexibility index (Phi) is 5.48. The molecule has 1 unspecified atom stereocenters. The summed E-state index contributed by atoms with van der Waals surface area (Å²) in [6, 6.07) is 8.76. The van der Waals surface area contributed by atoms with Crippen molar-refractivity contribution in [2.24, 2.45) is 15.4 Å². The fourth-order valence-corrected chi connectivity index (χ4v) is 2.54. The highest BCUT2D eigenvalue weighted by molar-refractivity contribution is 7.98. The molecule has 0 aliphatic carbocycles. The van der Waals surface area contributed by atoms with E-state index in [1.807, 2.05) is 0 Å². The molecule has 1 aromatic carbocycles. The van der Waals surface area contributed by atoms with Gasteiger partial charge in [-0.15, -0.1) is 4.52 Å². The lowest BCUT2D eigenvalue weighted by molar-refractivity contribution is 0.707. The van der Waals surface area contributed by atoms with Crippen molar-refractivity contribution in [3.05, 3.63) is 29.8 Å². The topological polar surface area (TPSA) is 62.8 Å². The van der Waals surface area contributed by atoms with Crippen molar-refractivity contribution in [3.63, 3.8) is 0 Å². The van der Waals surface area contributed by atoms with Crippen LogP contribution in [0.5, 0.6) is 0 Å². The van der Waals surface area contributed by atoms with Gasteiger partial charge in [-0.3, -0.25) is 0 Å². The molecule has 5 heteroatoms. The molecular formula is C13H20N4S. The van der Waals surface area contributed by atoms with E-state index >= 15 is 0 Å². The first-order valence-electron chi connectivity index (χ1n) is 6.46. The Morgan fingerprint density at radius 3 is 2.72 bits per heavy atom. The normalized spacial score (nSPS) is 18.2. The highest BCUT2D eigenvalue weighted by atomic mass is 32.2. The van der Waals surface area contributed by atoms with Gasteiger partial charge in [0, 0.05) is 18.0 Å². The largest absolute Gasteiger partial charge is 0.385 e. The third kappa shape index (κ3) is 3.99. The Hall–Kier alpha value is -1.07. The van der Waals surface area contributed by atoms with E-state index in [2.05, 4.69) is 39.2 Å². The van der Waals surface area contributed by atoms with Crippen LogP contribution in [-0.2, 0) is 0 Å². The SMILES string of the molecule is NCCCCCNc1ccc(C2CSN=N2)cc1. The van der Waals surface area contributed by atoms with Crippen molar-refractivity contribution in [2.45, 2.75) is 25.3 Å². The van der Waals surface area contributed by atoms with E-state index < -0.39 is 0 Å². The molecule has 1 heterocycles. The lowest BCUT2D eigenvalue weighted by Crippen LogP contribution is -2.04. The second kappa shape index (κ2) is 7.38. The lowest BCUT2D eigenvalue weighted by Gasteiger charge is -2.08. The van der Waals surface area contributed by atoms with Crippen LogP contribution in [0.15, 0.2) is 33.9 Å². The minimum Gasteiger partial charge on any atom is -0.385 e. The number of anilines is 1. The van der Waals surface area contributed by atoms with E-state index in [0.29, 0.717) is 0 Å². The maximum Gasteiger partial charge on any atom is 0.108 e. The number of hydrogen-bond donors (Lipinski definition) is 2. The Labute approximate surface area is 113 Å². The maximum atomic E-state index is 5.46. The molecule has 0 saturated carbocycles. The van der Waals surface area contributed by atoms with Crippen molar-refractivity contribution in [3.8, 4) is 0 Å². The summed E-state index contributed by atoms with van der Waals surface area (Å²) in [6.07, 6.45) is 3.48. The fourth-order valence-electron chi connectivity index (χ4n) is 1.89. The Bertz CT molecular complexity index is 377. The zero-order valence-corrected chi connectivity index (χ0v) is 11.3. The molecule has 0 aromatic heterocycles. The summed E-state index contributed by atoms with van der Waals surface area (Å²) in [4.78, 5) is 0. The number of unbranched alkanes of at least 4 members (excludes halogenated alkanes) is 2. The zero-order chi connectivity index (χ0) is 12.6. The molecule has 1 atom stereocenters. The summed E-state index contributed by atoms with van der Waals surface area (Å²) in [5.41, 5.74) is 7.88. The van der Waals surface area contributed by atoms with E-state index in [9.17, 15) is 0 Å². The van der Waals surface area contributed by atoms with Gasteiger partial charge in [0.25, 0.3) is 0 Å². The van der Waals surface area contributed by atoms with Crippen LogP contribution in [0.3, 0.4) is 0 Å². The number of nitrogens with one attached hydrogen (secondary N) is 1. The van der Waals surface area contributed by atoms with Gasteiger partial charge in [0.2, 0.25) is 0 Å². The van der Waals surface area contributed by atoms with Crippen LogP contribution in [0.25, 0.3) is 0 Å². The van der Waals surface area contributed by atoms with Crippen LogP contribution in [0.4, 0.5) is 5.69 Å². The molecule has 4 nitrogen and oxygen atoms in total. The van der Waals surface area contributed by atoms with Crippen molar-refractivity contribution >= 4 is 17.6 Å². The molecule has 18 heavy (non-hydrogen) atoms. The molecule has 0 amide bonds. The summed E-state index contributed by atoms with van der Waals surface area (Å²) in [5, 5.41) is 7.61. The van der Waals surface area contributed by atoms with Crippen LogP contribution in [-0.4, -0.2) is 18.8 Å². The van der Waals surface area contributed by atoms with Crippen LogP contribution < -0.4 is 11.1 Å². The van der Waals surface area contributed by atoms with E-state index in [4.69, 9.17) is 5.73 Å². The van der Waals surface area contributed by atoms with Gasteiger partial charge < -0.3 is 11.1 Å². The quantitative estimate of drug-likeness (QED) is 0.586. The number of rotatable bonds is 7. The Morgan fingerprint density at radius 2 is 2.06 bits per heavy atom. The van der Waals surface area contributed by atoms with E-state index in [1.54, 1.807) is 0 Å². The van der Waals surface area contributed by atoms with Crippen LogP contribution in [0.1, 0.15) is 30.9 Å². The molecule has 0 fully saturated rings. The van der Waals surface area contributed by atoms with E-state index in [1.165, 1.54) is 36.0 Å². The molecule has 1 aliphatic rings. The van der Waals surface area contributed by atoms with Crippen molar-refractivity contribution < 1.29 is 0 Å². The number of nitrogens with zero attached hydrogens (tertiary/aromatic N) is 2. The highest BCUT2D eigenvalue weighted by Crippen LogP contribution is 2.30. The smallest absolute Gasteiger partial charge is 0.108 e. The minimum atomic E-state index is 0.244. The van der Waals surface area contributed by atoms with Crippen LogP contribution >= 0.6 is 11.9 Å². The summed E-state index contributed by atoms with van der Waals surface area (Å²) in [5.74, 6) is 0.964. The third-order valence-electron chi connectivity index (χ3n) is 2.98. The molecule has 2 rings (SSSR count). The first-order chi connectivity index (χ1) is 8.90. The fraction of sp³-hybridized carbons (Fsp3) is 0.538. The van der Waals surface area contributed by atoms with Gasteiger partial charge in [-0.25, -0.2) is 0 Å². The van der Waals surface area contributed by atoms with Crippen LogP contribution in [0.2, 0.25) is 0 Å². The van der Waals surface area contributed by atoms with Gasteiger partial charge in [0.1, 0.15) is 6.04 Å². The summed E-state index contributed by atoms with van der Waals surface area (Å²) in [7, 11) is 0.